The number of esters is 4. The van der Waals surface area contributed by atoms with Crippen molar-refractivity contribution in [2.75, 3.05) is 26.4 Å². The first-order chi connectivity index (χ1) is 23.9. The molecule has 49 heavy (non-hydrogen) atoms. The van der Waals surface area contributed by atoms with Crippen LogP contribution < -0.4 is 9.47 Å². The lowest BCUT2D eigenvalue weighted by molar-refractivity contribution is -0.138. The molecule has 0 aliphatic heterocycles. The van der Waals surface area contributed by atoms with Crippen LogP contribution in [0.5, 0.6) is 11.5 Å². The van der Waals surface area contributed by atoms with E-state index in [2.05, 4.69) is 13.2 Å². The van der Waals surface area contributed by atoms with Gasteiger partial charge < -0.3 is 23.7 Å². The van der Waals surface area contributed by atoms with Crippen molar-refractivity contribution >= 4 is 30.0 Å². The van der Waals surface area contributed by atoms with E-state index in [4.69, 9.17) is 23.7 Å². The van der Waals surface area contributed by atoms with Gasteiger partial charge in [0, 0.05) is 18.2 Å². The van der Waals surface area contributed by atoms with Crippen LogP contribution in [0.1, 0.15) is 67.3 Å². The molecule has 0 N–H and O–H groups in total. The van der Waals surface area contributed by atoms with Gasteiger partial charge in [-0.2, -0.15) is 0 Å². The number of carbonyl (C=O) groups is 4. The van der Waals surface area contributed by atoms with Gasteiger partial charge in [-0.15, -0.1) is 0 Å². The molecule has 0 aromatic heterocycles. The number of carbonyl (C=O) groups excluding carboxylic acids is 4. The molecule has 0 radical (unpaired) electrons. The van der Waals surface area contributed by atoms with Crippen LogP contribution in [0, 0.1) is 0 Å². The summed E-state index contributed by atoms with van der Waals surface area (Å²) in [6.07, 6.45) is 12.7. The molecular weight excluding hydrogens is 624 g/mol. The molecule has 3 aromatic rings. The summed E-state index contributed by atoms with van der Waals surface area (Å²) in [7, 11) is 0. The molecule has 3 aromatic carbocycles. The topological polar surface area (TPSA) is 114 Å². The largest absolute Gasteiger partial charge is 0.494 e. The maximum absolute atomic E-state index is 12.4. The van der Waals surface area contributed by atoms with Crippen molar-refractivity contribution in [3.63, 3.8) is 0 Å². The average Bonchev–Trinajstić information content (AvgIpc) is 3.13. The van der Waals surface area contributed by atoms with Gasteiger partial charge in [-0.1, -0.05) is 75.2 Å². The van der Waals surface area contributed by atoms with Crippen molar-refractivity contribution in [1.29, 1.82) is 0 Å². The average molecular weight is 669 g/mol. The van der Waals surface area contributed by atoms with E-state index in [0.717, 1.165) is 67.0 Å². The van der Waals surface area contributed by atoms with Crippen molar-refractivity contribution in [3.05, 3.63) is 115 Å². The number of benzene rings is 3. The molecule has 0 amide bonds. The fourth-order valence-electron chi connectivity index (χ4n) is 4.52. The van der Waals surface area contributed by atoms with E-state index in [1.807, 2.05) is 48.5 Å². The second-order valence-corrected chi connectivity index (χ2v) is 11.0. The van der Waals surface area contributed by atoms with Crippen molar-refractivity contribution in [1.82, 2.24) is 0 Å². The quantitative estimate of drug-likeness (QED) is 0.0345. The van der Waals surface area contributed by atoms with Crippen LogP contribution in [0.25, 0.3) is 17.2 Å². The molecular formula is C40H44O9. The van der Waals surface area contributed by atoms with Crippen LogP contribution >= 0.6 is 0 Å². The Morgan fingerprint density at radius 3 is 1.55 bits per heavy atom. The molecule has 0 aliphatic rings. The zero-order valence-corrected chi connectivity index (χ0v) is 27.8. The predicted molar refractivity (Wildman–Crippen MR) is 188 cm³/mol. The van der Waals surface area contributed by atoms with Crippen LogP contribution in [0.2, 0.25) is 0 Å². The summed E-state index contributed by atoms with van der Waals surface area (Å²) in [5, 5.41) is 0. The SMILES string of the molecule is C=CC(=O)OCCCCCCCCOc1ccc(/C=C/C(=O)Oc2ccc(-c3ccc(C(=O)OCCCCOC(=O)C=C)cc3)cc2)cc1. The predicted octanol–water partition coefficient (Wildman–Crippen LogP) is 8.09. The van der Waals surface area contributed by atoms with Crippen molar-refractivity contribution in [2.24, 2.45) is 0 Å². The number of ether oxygens (including phenoxy) is 5. The van der Waals surface area contributed by atoms with E-state index in [-0.39, 0.29) is 19.2 Å². The maximum atomic E-state index is 12.4. The van der Waals surface area contributed by atoms with E-state index in [1.165, 1.54) is 12.2 Å². The lowest BCUT2D eigenvalue weighted by Crippen LogP contribution is -2.08. The molecule has 0 spiro atoms. The van der Waals surface area contributed by atoms with Crippen LogP contribution in [-0.4, -0.2) is 50.3 Å². The Labute approximate surface area is 288 Å². The van der Waals surface area contributed by atoms with Gasteiger partial charge >= 0.3 is 23.9 Å². The highest BCUT2D eigenvalue weighted by atomic mass is 16.5. The lowest BCUT2D eigenvalue weighted by atomic mass is 10.0. The Bertz CT molecular complexity index is 1520. The van der Waals surface area contributed by atoms with E-state index in [1.54, 1.807) is 30.3 Å². The van der Waals surface area contributed by atoms with Gasteiger partial charge in [-0.05, 0) is 84.8 Å². The van der Waals surface area contributed by atoms with E-state index >= 15 is 0 Å². The summed E-state index contributed by atoms with van der Waals surface area (Å²) in [6.45, 7) is 8.27. The Hall–Kier alpha value is -5.44. The second-order valence-electron chi connectivity index (χ2n) is 11.0. The maximum Gasteiger partial charge on any atom is 0.338 e. The van der Waals surface area contributed by atoms with Crippen LogP contribution in [0.3, 0.4) is 0 Å². The molecule has 0 saturated heterocycles. The van der Waals surface area contributed by atoms with Gasteiger partial charge in [0.15, 0.2) is 0 Å². The van der Waals surface area contributed by atoms with Gasteiger partial charge in [-0.25, -0.2) is 19.2 Å². The van der Waals surface area contributed by atoms with Gasteiger partial charge in [-0.3, -0.25) is 0 Å². The molecule has 0 aliphatic carbocycles. The Balaban J connectivity index is 1.32. The molecule has 9 nitrogen and oxygen atoms in total. The smallest absolute Gasteiger partial charge is 0.338 e. The van der Waals surface area contributed by atoms with Gasteiger partial charge in [0.2, 0.25) is 0 Å². The third-order valence-electron chi connectivity index (χ3n) is 7.22. The zero-order chi connectivity index (χ0) is 35.1. The molecule has 0 fully saturated rings. The van der Waals surface area contributed by atoms with Gasteiger partial charge in [0.05, 0.1) is 32.0 Å². The fourth-order valence-corrected chi connectivity index (χ4v) is 4.52. The summed E-state index contributed by atoms with van der Waals surface area (Å²) in [5.41, 5.74) is 3.07. The number of unbranched alkanes of at least 4 members (excludes halogenated alkanes) is 6. The highest BCUT2D eigenvalue weighted by molar-refractivity contribution is 5.90. The minimum Gasteiger partial charge on any atom is -0.494 e. The molecule has 258 valence electrons. The number of hydrogen-bond donors (Lipinski definition) is 0. The Morgan fingerprint density at radius 1 is 0.510 bits per heavy atom. The fraction of sp³-hybridized carbons (Fsp3) is 0.300. The van der Waals surface area contributed by atoms with Crippen LogP contribution in [0.15, 0.2) is 104 Å². The van der Waals surface area contributed by atoms with E-state index in [0.29, 0.717) is 37.4 Å². The zero-order valence-electron chi connectivity index (χ0n) is 27.8. The highest BCUT2D eigenvalue weighted by Crippen LogP contribution is 2.23. The first-order valence-electron chi connectivity index (χ1n) is 16.5. The molecule has 0 heterocycles. The molecule has 0 saturated carbocycles. The second kappa shape index (κ2) is 22.2. The summed E-state index contributed by atoms with van der Waals surface area (Å²) < 4.78 is 26.4. The Morgan fingerprint density at radius 2 is 0.980 bits per heavy atom. The first-order valence-corrected chi connectivity index (χ1v) is 16.5. The normalized spacial score (nSPS) is 10.6. The molecule has 0 atom stereocenters. The highest BCUT2D eigenvalue weighted by Gasteiger charge is 2.09. The summed E-state index contributed by atoms with van der Waals surface area (Å²) in [5.74, 6) is -0.574. The number of hydrogen-bond acceptors (Lipinski definition) is 9. The van der Waals surface area contributed by atoms with E-state index in [9.17, 15) is 19.2 Å². The molecule has 0 bridgehead atoms. The minimum absolute atomic E-state index is 0.229. The van der Waals surface area contributed by atoms with Gasteiger partial charge in [0.25, 0.3) is 0 Å². The molecule has 3 rings (SSSR count). The lowest BCUT2D eigenvalue weighted by Gasteiger charge is -2.07. The standard InChI is InChI=1S/C40H44O9/c1-3-37(41)46-28-10-8-6-5-7-9-27-45-35-22-13-31(14-23-35)15-26-39(43)49-36-24-20-33(21-25-36)32-16-18-34(19-17-32)40(44)48-30-12-11-29-47-38(42)4-2/h3-4,13-26H,1-2,5-12,27-30H2/b26-15+. The van der Waals surface area contributed by atoms with Crippen LogP contribution in [0.4, 0.5) is 0 Å². The summed E-state index contributed by atoms with van der Waals surface area (Å²) in [6, 6.07) is 21.6. The van der Waals surface area contributed by atoms with Crippen molar-refractivity contribution in [2.45, 2.75) is 51.4 Å². The summed E-state index contributed by atoms with van der Waals surface area (Å²) >= 11 is 0. The van der Waals surface area contributed by atoms with Crippen molar-refractivity contribution < 1.29 is 42.9 Å². The third-order valence-corrected chi connectivity index (χ3v) is 7.22. The summed E-state index contributed by atoms with van der Waals surface area (Å²) in [4.78, 5) is 46.7. The molecule has 0 unspecified atom stereocenters. The Kier molecular flexibility index (Phi) is 17.2. The van der Waals surface area contributed by atoms with E-state index < -0.39 is 17.9 Å². The first kappa shape index (κ1) is 38.0. The monoisotopic (exact) mass is 668 g/mol. The van der Waals surface area contributed by atoms with Crippen molar-refractivity contribution in [3.8, 4) is 22.6 Å². The molecule has 9 heteroatoms. The minimum atomic E-state index is -0.494. The third kappa shape index (κ3) is 15.3. The van der Waals surface area contributed by atoms with Crippen LogP contribution in [-0.2, 0) is 28.6 Å². The number of rotatable bonds is 22. The van der Waals surface area contributed by atoms with Gasteiger partial charge in [0.1, 0.15) is 11.5 Å².